The number of aromatic nitrogens is 2. The molecule has 114 valence electrons. The van der Waals surface area contributed by atoms with Crippen LogP contribution in [-0.4, -0.2) is 23.4 Å². The van der Waals surface area contributed by atoms with Gasteiger partial charge in [0.1, 0.15) is 5.75 Å². The Hall–Kier alpha value is -1.81. The van der Waals surface area contributed by atoms with E-state index in [0.717, 1.165) is 30.8 Å². The number of benzene rings is 1. The molecule has 2 aromatic rings. The fourth-order valence-electron chi connectivity index (χ4n) is 2.53. The molecule has 0 fully saturated rings. The van der Waals surface area contributed by atoms with Crippen molar-refractivity contribution in [3.8, 4) is 5.75 Å². The lowest BCUT2D eigenvalue weighted by Gasteiger charge is -2.19. The number of aryl methyl sites for hydroxylation is 2. The van der Waals surface area contributed by atoms with Gasteiger partial charge < -0.3 is 10.1 Å². The third-order valence-electron chi connectivity index (χ3n) is 3.74. The molecule has 1 unspecified atom stereocenters. The fraction of sp³-hybridized carbons (Fsp3) is 0.471. The van der Waals surface area contributed by atoms with Crippen molar-refractivity contribution < 1.29 is 4.74 Å². The van der Waals surface area contributed by atoms with Gasteiger partial charge in [-0.05, 0) is 49.6 Å². The summed E-state index contributed by atoms with van der Waals surface area (Å²) in [5, 5.41) is 7.91. The second-order valence-corrected chi connectivity index (χ2v) is 5.25. The highest BCUT2D eigenvalue weighted by Gasteiger charge is 2.14. The van der Waals surface area contributed by atoms with Crippen LogP contribution in [0.3, 0.4) is 0 Å². The van der Waals surface area contributed by atoms with Gasteiger partial charge in [-0.3, -0.25) is 4.68 Å². The van der Waals surface area contributed by atoms with Crippen LogP contribution in [0.4, 0.5) is 0 Å². The van der Waals surface area contributed by atoms with Crippen molar-refractivity contribution in [3.05, 3.63) is 47.3 Å². The number of ether oxygens (including phenoxy) is 1. The van der Waals surface area contributed by atoms with E-state index in [1.807, 2.05) is 10.9 Å². The Bertz CT molecular complexity index is 577. The average Bonchev–Trinajstić information content (AvgIpc) is 2.95. The first kappa shape index (κ1) is 15.6. The zero-order chi connectivity index (χ0) is 15.2. The Balaban J connectivity index is 2.21. The summed E-state index contributed by atoms with van der Waals surface area (Å²) in [6.07, 6.45) is 5.01. The van der Waals surface area contributed by atoms with Crippen LogP contribution in [0.25, 0.3) is 0 Å². The van der Waals surface area contributed by atoms with Crippen LogP contribution in [0.2, 0.25) is 0 Å². The Morgan fingerprint density at radius 3 is 2.76 bits per heavy atom. The van der Waals surface area contributed by atoms with E-state index in [-0.39, 0.29) is 6.04 Å². The molecular weight excluding hydrogens is 262 g/mol. The van der Waals surface area contributed by atoms with E-state index in [0.29, 0.717) is 0 Å². The lowest BCUT2D eigenvalue weighted by atomic mass is 9.99. The lowest BCUT2D eigenvalue weighted by Crippen LogP contribution is -2.23. The molecule has 4 nitrogen and oxygen atoms in total. The van der Waals surface area contributed by atoms with Crippen molar-refractivity contribution in [1.82, 2.24) is 15.1 Å². The second-order valence-electron chi connectivity index (χ2n) is 5.25. The lowest BCUT2D eigenvalue weighted by molar-refractivity contribution is 0.410. The summed E-state index contributed by atoms with van der Waals surface area (Å²) in [6.45, 7) is 8.14. The van der Waals surface area contributed by atoms with Gasteiger partial charge in [0.2, 0.25) is 0 Å². The highest BCUT2D eigenvalue weighted by Crippen LogP contribution is 2.25. The number of nitrogens with zero attached hydrogens (tertiary/aromatic N) is 2. The van der Waals surface area contributed by atoms with Gasteiger partial charge in [0.15, 0.2) is 0 Å². The van der Waals surface area contributed by atoms with Crippen LogP contribution in [0.15, 0.2) is 30.6 Å². The summed E-state index contributed by atoms with van der Waals surface area (Å²) in [6, 6.07) is 6.70. The van der Waals surface area contributed by atoms with Crippen LogP contribution in [0.1, 0.15) is 36.6 Å². The van der Waals surface area contributed by atoms with E-state index in [1.54, 1.807) is 7.11 Å². The first-order chi connectivity index (χ1) is 10.2. The zero-order valence-electron chi connectivity index (χ0n) is 13.4. The molecule has 1 N–H and O–H groups in total. The topological polar surface area (TPSA) is 39.1 Å². The van der Waals surface area contributed by atoms with Crippen molar-refractivity contribution >= 4 is 0 Å². The molecule has 0 aliphatic carbocycles. The Morgan fingerprint density at radius 1 is 1.33 bits per heavy atom. The monoisotopic (exact) mass is 287 g/mol. The van der Waals surface area contributed by atoms with E-state index in [1.165, 1.54) is 11.1 Å². The van der Waals surface area contributed by atoms with Crippen LogP contribution in [0.5, 0.6) is 5.75 Å². The van der Waals surface area contributed by atoms with E-state index < -0.39 is 0 Å². The number of nitrogens with one attached hydrogen (secondary N) is 1. The van der Waals surface area contributed by atoms with Gasteiger partial charge in [-0.2, -0.15) is 5.10 Å². The molecular formula is C17H25N3O. The summed E-state index contributed by atoms with van der Waals surface area (Å²) in [5.41, 5.74) is 3.67. The summed E-state index contributed by atoms with van der Waals surface area (Å²) in [4.78, 5) is 0. The summed E-state index contributed by atoms with van der Waals surface area (Å²) in [5.74, 6) is 0.944. The van der Waals surface area contributed by atoms with Crippen LogP contribution >= 0.6 is 0 Å². The Morgan fingerprint density at radius 2 is 2.14 bits per heavy atom. The van der Waals surface area contributed by atoms with Crippen molar-refractivity contribution in [2.24, 2.45) is 0 Å². The second kappa shape index (κ2) is 7.27. The maximum absolute atomic E-state index is 5.44. The molecule has 1 aromatic carbocycles. The van der Waals surface area contributed by atoms with Crippen LogP contribution < -0.4 is 10.1 Å². The van der Waals surface area contributed by atoms with E-state index in [9.17, 15) is 0 Å². The summed E-state index contributed by atoms with van der Waals surface area (Å²) >= 11 is 0. The molecule has 4 heteroatoms. The van der Waals surface area contributed by atoms with Gasteiger partial charge in [0.05, 0.1) is 13.3 Å². The quantitative estimate of drug-likeness (QED) is 0.850. The SMILES string of the molecule is CCNC(Cc1cnn(CC)c1)c1ccc(C)c(OC)c1. The molecule has 0 saturated heterocycles. The maximum Gasteiger partial charge on any atom is 0.122 e. The van der Waals surface area contributed by atoms with Gasteiger partial charge in [-0.25, -0.2) is 0 Å². The van der Waals surface area contributed by atoms with Gasteiger partial charge in [-0.1, -0.05) is 19.1 Å². The standard InChI is InChI=1S/C17H25N3O/c1-5-18-16(9-14-11-19-20(6-2)12-14)15-8-7-13(3)17(10-15)21-4/h7-8,10-12,16,18H,5-6,9H2,1-4H3. The zero-order valence-corrected chi connectivity index (χ0v) is 13.4. The number of likely N-dealkylation sites (N-methyl/N-ethyl adjacent to an activating group) is 1. The minimum absolute atomic E-state index is 0.277. The summed E-state index contributed by atoms with van der Waals surface area (Å²) in [7, 11) is 1.72. The number of rotatable bonds is 7. The number of methoxy groups -OCH3 is 1. The molecule has 1 atom stereocenters. The molecule has 21 heavy (non-hydrogen) atoms. The maximum atomic E-state index is 5.44. The Kier molecular flexibility index (Phi) is 5.39. The van der Waals surface area contributed by atoms with Gasteiger partial charge in [-0.15, -0.1) is 0 Å². The minimum atomic E-state index is 0.277. The third kappa shape index (κ3) is 3.85. The number of hydrogen-bond donors (Lipinski definition) is 1. The highest BCUT2D eigenvalue weighted by atomic mass is 16.5. The van der Waals surface area contributed by atoms with Crippen LogP contribution in [-0.2, 0) is 13.0 Å². The molecule has 0 bridgehead atoms. The molecule has 1 aromatic heterocycles. The molecule has 0 saturated carbocycles. The molecule has 0 aliphatic heterocycles. The third-order valence-corrected chi connectivity index (χ3v) is 3.74. The van der Waals surface area contributed by atoms with Crippen molar-refractivity contribution in [2.75, 3.05) is 13.7 Å². The molecule has 1 heterocycles. The predicted molar refractivity (Wildman–Crippen MR) is 85.8 cm³/mol. The average molecular weight is 287 g/mol. The van der Waals surface area contributed by atoms with E-state index >= 15 is 0 Å². The summed E-state index contributed by atoms with van der Waals surface area (Å²) < 4.78 is 7.41. The van der Waals surface area contributed by atoms with Crippen LogP contribution in [0, 0.1) is 6.92 Å². The predicted octanol–water partition coefficient (Wildman–Crippen LogP) is 3.11. The number of hydrogen-bond acceptors (Lipinski definition) is 3. The van der Waals surface area contributed by atoms with Crippen molar-refractivity contribution in [3.63, 3.8) is 0 Å². The van der Waals surface area contributed by atoms with Crippen molar-refractivity contribution in [1.29, 1.82) is 0 Å². The smallest absolute Gasteiger partial charge is 0.122 e. The molecule has 0 radical (unpaired) electrons. The van der Waals surface area contributed by atoms with Gasteiger partial charge in [0, 0.05) is 18.8 Å². The normalized spacial score (nSPS) is 12.4. The van der Waals surface area contributed by atoms with E-state index in [2.05, 4.69) is 55.6 Å². The highest BCUT2D eigenvalue weighted by molar-refractivity contribution is 5.38. The first-order valence-corrected chi connectivity index (χ1v) is 7.57. The molecule has 0 aliphatic rings. The first-order valence-electron chi connectivity index (χ1n) is 7.57. The fourth-order valence-corrected chi connectivity index (χ4v) is 2.53. The van der Waals surface area contributed by atoms with Crippen molar-refractivity contribution in [2.45, 2.75) is 39.8 Å². The Labute approximate surface area is 127 Å². The van der Waals surface area contributed by atoms with Gasteiger partial charge in [0.25, 0.3) is 0 Å². The van der Waals surface area contributed by atoms with E-state index in [4.69, 9.17) is 4.74 Å². The molecule has 0 spiro atoms. The largest absolute Gasteiger partial charge is 0.496 e. The minimum Gasteiger partial charge on any atom is -0.496 e. The molecule has 2 rings (SSSR count). The van der Waals surface area contributed by atoms with Gasteiger partial charge >= 0.3 is 0 Å². The molecule has 0 amide bonds.